The number of carbonyl (C=O) groups is 1. The highest BCUT2D eigenvalue weighted by atomic mass is 79.9. The molecule has 1 aliphatic rings. The maximum Gasteiger partial charge on any atom is 0.340 e. The van der Waals surface area contributed by atoms with Crippen molar-refractivity contribution >= 4 is 32.8 Å². The summed E-state index contributed by atoms with van der Waals surface area (Å²) in [6.45, 7) is 7.95. The maximum absolute atomic E-state index is 12.6. The highest BCUT2D eigenvalue weighted by molar-refractivity contribution is 9.10. The van der Waals surface area contributed by atoms with E-state index in [1.807, 2.05) is 23.6 Å². The van der Waals surface area contributed by atoms with Crippen LogP contribution in [0, 0.1) is 6.92 Å². The third-order valence-corrected chi connectivity index (χ3v) is 5.66. The summed E-state index contributed by atoms with van der Waals surface area (Å²) in [5.41, 5.74) is 2.14. The number of fused-ring (bicyclic) bond motifs is 1. The van der Waals surface area contributed by atoms with Crippen molar-refractivity contribution in [3.05, 3.63) is 27.9 Å². The van der Waals surface area contributed by atoms with E-state index in [1.165, 1.54) is 0 Å². The van der Waals surface area contributed by atoms with Gasteiger partial charge in [0.25, 0.3) is 0 Å². The van der Waals surface area contributed by atoms with E-state index in [-0.39, 0.29) is 5.97 Å². The molecule has 0 spiro atoms. The molecule has 1 atom stereocenters. The fourth-order valence-corrected chi connectivity index (χ4v) is 4.17. The van der Waals surface area contributed by atoms with Crippen molar-refractivity contribution < 1.29 is 24.1 Å². The van der Waals surface area contributed by atoms with Gasteiger partial charge in [0.1, 0.15) is 5.75 Å². The molecule has 7 nitrogen and oxygen atoms in total. The molecule has 28 heavy (non-hydrogen) atoms. The fraction of sp³-hybridized carbons (Fsp3) is 0.550. The summed E-state index contributed by atoms with van der Waals surface area (Å²) in [5, 5.41) is 11.5. The van der Waals surface area contributed by atoms with Gasteiger partial charge in [-0.1, -0.05) is 0 Å². The van der Waals surface area contributed by atoms with Crippen LogP contribution in [0.4, 0.5) is 0 Å². The minimum absolute atomic E-state index is 0.304. The Bertz CT molecular complexity index is 845. The van der Waals surface area contributed by atoms with Crippen LogP contribution in [0.2, 0.25) is 0 Å². The number of ether oxygens (including phenoxy) is 3. The van der Waals surface area contributed by atoms with E-state index >= 15 is 0 Å². The number of nitrogens with zero attached hydrogens (tertiary/aromatic N) is 2. The second-order valence-electron chi connectivity index (χ2n) is 6.86. The Labute approximate surface area is 173 Å². The predicted octanol–water partition coefficient (Wildman–Crippen LogP) is 2.59. The largest absolute Gasteiger partial charge is 0.496 e. The van der Waals surface area contributed by atoms with Gasteiger partial charge in [-0.25, -0.2) is 4.79 Å². The third kappa shape index (κ3) is 4.35. The van der Waals surface area contributed by atoms with Crippen LogP contribution in [-0.2, 0) is 16.0 Å². The predicted molar refractivity (Wildman–Crippen MR) is 110 cm³/mol. The number of morpholine rings is 1. The number of methoxy groups -OCH3 is 1. The number of hydrogen-bond donors (Lipinski definition) is 1. The second-order valence-corrected chi connectivity index (χ2v) is 7.72. The minimum Gasteiger partial charge on any atom is -0.496 e. The lowest BCUT2D eigenvalue weighted by Gasteiger charge is -2.29. The molecular formula is C20H27BrN2O5. The molecule has 0 unspecified atom stereocenters. The molecular weight excluding hydrogens is 428 g/mol. The molecule has 2 heterocycles. The SMILES string of the molecule is CCOC(=O)c1c(C)n(C[C@H](O)CN2CCOCC2)c2cc(Br)c(OC)cc12. The number of aromatic nitrogens is 1. The third-order valence-electron chi connectivity index (χ3n) is 5.04. The Morgan fingerprint density at radius 3 is 2.68 bits per heavy atom. The standard InChI is InChI=1S/C20H27BrN2O5/c1-4-28-20(25)19-13(2)23(12-14(24)11-22-5-7-27-8-6-22)17-10-16(21)18(26-3)9-15(17)19/h9-10,14,24H,4-8,11-12H2,1-3H3/t14-/m1/s1. The lowest BCUT2D eigenvalue weighted by Crippen LogP contribution is -2.42. The van der Waals surface area contributed by atoms with Gasteiger partial charge in [0.05, 0.1) is 55.1 Å². The molecule has 0 bridgehead atoms. The summed E-state index contributed by atoms with van der Waals surface area (Å²) < 4.78 is 18.8. The van der Waals surface area contributed by atoms with E-state index in [2.05, 4.69) is 20.8 Å². The van der Waals surface area contributed by atoms with Gasteiger partial charge in [-0.2, -0.15) is 0 Å². The first-order chi connectivity index (χ1) is 13.5. The molecule has 0 saturated carbocycles. The Morgan fingerprint density at radius 2 is 2.04 bits per heavy atom. The minimum atomic E-state index is -0.566. The van der Waals surface area contributed by atoms with E-state index in [0.29, 0.717) is 44.2 Å². The summed E-state index contributed by atoms with van der Waals surface area (Å²) in [7, 11) is 1.59. The van der Waals surface area contributed by atoms with Gasteiger partial charge in [0.2, 0.25) is 0 Å². The number of benzene rings is 1. The summed E-state index contributed by atoms with van der Waals surface area (Å²) in [6.07, 6.45) is -0.566. The monoisotopic (exact) mass is 454 g/mol. The number of carbonyl (C=O) groups excluding carboxylic acids is 1. The van der Waals surface area contributed by atoms with Gasteiger partial charge in [-0.05, 0) is 41.9 Å². The van der Waals surface area contributed by atoms with Crippen LogP contribution >= 0.6 is 15.9 Å². The second kappa shape index (κ2) is 9.26. The first kappa shape index (κ1) is 21.1. The molecule has 2 aromatic rings. The van der Waals surface area contributed by atoms with Gasteiger partial charge in [0.15, 0.2) is 0 Å². The Morgan fingerprint density at radius 1 is 1.32 bits per heavy atom. The molecule has 0 amide bonds. The highest BCUT2D eigenvalue weighted by Crippen LogP contribution is 2.35. The molecule has 0 radical (unpaired) electrons. The van der Waals surface area contributed by atoms with E-state index in [0.717, 1.165) is 34.2 Å². The maximum atomic E-state index is 12.6. The molecule has 1 saturated heterocycles. The lowest BCUT2D eigenvalue weighted by atomic mass is 10.1. The molecule has 3 rings (SSSR count). The van der Waals surface area contributed by atoms with Crippen molar-refractivity contribution in [2.75, 3.05) is 46.6 Å². The van der Waals surface area contributed by atoms with Crippen LogP contribution in [0.25, 0.3) is 10.9 Å². The number of esters is 1. The topological polar surface area (TPSA) is 73.2 Å². The van der Waals surface area contributed by atoms with Gasteiger partial charge in [0, 0.05) is 30.7 Å². The first-order valence-electron chi connectivity index (χ1n) is 9.47. The first-order valence-corrected chi connectivity index (χ1v) is 10.3. The van der Waals surface area contributed by atoms with Crippen molar-refractivity contribution in [3.63, 3.8) is 0 Å². The average molecular weight is 455 g/mol. The van der Waals surface area contributed by atoms with Crippen LogP contribution in [0.15, 0.2) is 16.6 Å². The van der Waals surface area contributed by atoms with Crippen LogP contribution in [0.5, 0.6) is 5.75 Å². The zero-order chi connectivity index (χ0) is 20.3. The quantitative estimate of drug-likeness (QED) is 0.648. The van der Waals surface area contributed by atoms with Crippen molar-refractivity contribution in [1.82, 2.24) is 9.47 Å². The number of rotatable bonds is 7. The normalized spacial score (nSPS) is 16.3. The molecule has 0 aliphatic carbocycles. The average Bonchev–Trinajstić information content (AvgIpc) is 2.93. The summed E-state index contributed by atoms with van der Waals surface area (Å²) in [6, 6.07) is 3.76. The fourth-order valence-electron chi connectivity index (χ4n) is 3.68. The van der Waals surface area contributed by atoms with Crippen molar-refractivity contribution in [2.45, 2.75) is 26.5 Å². The van der Waals surface area contributed by atoms with E-state index < -0.39 is 6.10 Å². The molecule has 8 heteroatoms. The zero-order valence-electron chi connectivity index (χ0n) is 16.5. The van der Waals surface area contributed by atoms with Gasteiger partial charge in [-0.3, -0.25) is 4.90 Å². The molecule has 154 valence electrons. The summed E-state index contributed by atoms with van der Waals surface area (Å²) in [4.78, 5) is 14.8. The van der Waals surface area contributed by atoms with Crippen molar-refractivity contribution in [1.29, 1.82) is 0 Å². The van der Waals surface area contributed by atoms with Crippen molar-refractivity contribution in [3.8, 4) is 5.75 Å². The molecule has 1 fully saturated rings. The van der Waals surface area contributed by atoms with Gasteiger partial charge >= 0.3 is 5.97 Å². The van der Waals surface area contributed by atoms with Crippen LogP contribution in [0.1, 0.15) is 23.0 Å². The lowest BCUT2D eigenvalue weighted by molar-refractivity contribution is 0.0116. The summed E-state index contributed by atoms with van der Waals surface area (Å²) in [5.74, 6) is 0.278. The van der Waals surface area contributed by atoms with Gasteiger partial charge < -0.3 is 23.9 Å². The number of aliphatic hydroxyl groups excluding tert-OH is 1. The number of halogens is 1. The van der Waals surface area contributed by atoms with Crippen LogP contribution in [0.3, 0.4) is 0 Å². The zero-order valence-corrected chi connectivity index (χ0v) is 18.1. The molecule has 1 aromatic carbocycles. The van der Waals surface area contributed by atoms with Crippen molar-refractivity contribution in [2.24, 2.45) is 0 Å². The number of hydrogen-bond acceptors (Lipinski definition) is 6. The molecule has 1 N–H and O–H groups in total. The van der Waals surface area contributed by atoms with E-state index in [9.17, 15) is 9.90 Å². The Kier molecular flexibility index (Phi) is 6.98. The van der Waals surface area contributed by atoms with E-state index in [1.54, 1.807) is 14.0 Å². The Hall–Kier alpha value is -1.61. The highest BCUT2D eigenvalue weighted by Gasteiger charge is 2.24. The number of aliphatic hydroxyl groups is 1. The molecule has 1 aliphatic heterocycles. The molecule has 1 aromatic heterocycles. The van der Waals surface area contributed by atoms with E-state index in [4.69, 9.17) is 14.2 Å². The smallest absolute Gasteiger partial charge is 0.340 e. The van der Waals surface area contributed by atoms with Gasteiger partial charge in [-0.15, -0.1) is 0 Å². The Balaban J connectivity index is 1.97. The van der Waals surface area contributed by atoms with Crippen LogP contribution < -0.4 is 4.74 Å². The summed E-state index contributed by atoms with van der Waals surface area (Å²) >= 11 is 3.52. The van der Waals surface area contributed by atoms with Crippen LogP contribution in [-0.4, -0.2) is 73.2 Å². The number of β-amino-alcohol motifs (C(OH)–C–C–N with tert-alkyl or cyclic N) is 1.